The van der Waals surface area contributed by atoms with Crippen molar-refractivity contribution in [1.29, 1.82) is 0 Å². The number of aromatic nitrogens is 1. The van der Waals surface area contributed by atoms with Crippen LogP contribution in [0.5, 0.6) is 5.75 Å². The number of hydrogen-bond acceptors (Lipinski definition) is 4. The smallest absolute Gasteiger partial charge is 0.410 e. The summed E-state index contributed by atoms with van der Waals surface area (Å²) >= 11 is 0. The molecule has 0 aliphatic carbocycles. The van der Waals surface area contributed by atoms with E-state index in [1.165, 1.54) is 18.1 Å². The highest BCUT2D eigenvalue weighted by molar-refractivity contribution is 5.88. The Kier molecular flexibility index (Phi) is 4.77. The Morgan fingerprint density at radius 2 is 2.10 bits per heavy atom. The molecule has 2 aliphatic rings. The van der Waals surface area contributed by atoms with E-state index in [0.717, 1.165) is 22.2 Å². The standard InChI is InChI=1S/C23H22FN3O4/c1-30-14-6-7-17(18(24)12-14)22-21-16(15-4-2-3-5-19(15)25-21)8-9-27(22)20(28)13-26-10-11-31-23(26)29/h2-7,12,22,25H,8-11,13H2,1H3. The van der Waals surface area contributed by atoms with Crippen LogP contribution in [0.3, 0.4) is 0 Å². The summed E-state index contributed by atoms with van der Waals surface area (Å²) in [6.07, 6.45) is 0.146. The average molecular weight is 423 g/mol. The van der Waals surface area contributed by atoms with Gasteiger partial charge in [0.15, 0.2) is 0 Å². The van der Waals surface area contributed by atoms with Crippen molar-refractivity contribution in [1.82, 2.24) is 14.8 Å². The fraction of sp³-hybridized carbons (Fsp3) is 0.304. The zero-order valence-electron chi connectivity index (χ0n) is 17.1. The molecule has 1 unspecified atom stereocenters. The molecule has 3 heterocycles. The van der Waals surface area contributed by atoms with E-state index in [2.05, 4.69) is 4.98 Å². The molecule has 31 heavy (non-hydrogen) atoms. The second-order valence-electron chi connectivity index (χ2n) is 7.73. The van der Waals surface area contributed by atoms with Crippen LogP contribution >= 0.6 is 0 Å². The summed E-state index contributed by atoms with van der Waals surface area (Å²) in [6.45, 7) is 0.974. The fourth-order valence-corrected chi connectivity index (χ4v) is 4.51. The molecule has 2 aromatic carbocycles. The van der Waals surface area contributed by atoms with Crippen molar-refractivity contribution in [3.63, 3.8) is 0 Å². The van der Waals surface area contributed by atoms with Gasteiger partial charge in [0.25, 0.3) is 0 Å². The summed E-state index contributed by atoms with van der Waals surface area (Å²) in [5, 5.41) is 1.08. The van der Waals surface area contributed by atoms with E-state index >= 15 is 4.39 Å². The van der Waals surface area contributed by atoms with Gasteiger partial charge in [-0.25, -0.2) is 9.18 Å². The van der Waals surface area contributed by atoms with Gasteiger partial charge in [-0.2, -0.15) is 0 Å². The maximum atomic E-state index is 15.2. The number of para-hydroxylation sites is 1. The first-order valence-electron chi connectivity index (χ1n) is 10.2. The summed E-state index contributed by atoms with van der Waals surface area (Å²) in [6, 6.07) is 12.0. The quantitative estimate of drug-likeness (QED) is 0.699. The van der Waals surface area contributed by atoms with Crippen molar-refractivity contribution in [2.24, 2.45) is 0 Å². The zero-order valence-corrected chi connectivity index (χ0v) is 17.1. The molecule has 0 radical (unpaired) electrons. The van der Waals surface area contributed by atoms with Crippen LogP contribution in [-0.2, 0) is 16.0 Å². The molecular weight excluding hydrogens is 401 g/mol. The number of halogens is 1. The molecule has 1 aromatic heterocycles. The van der Waals surface area contributed by atoms with Gasteiger partial charge in [-0.05, 0) is 30.2 Å². The van der Waals surface area contributed by atoms with Gasteiger partial charge in [-0.15, -0.1) is 0 Å². The number of amides is 2. The Balaban J connectivity index is 1.59. The maximum absolute atomic E-state index is 15.2. The summed E-state index contributed by atoms with van der Waals surface area (Å²) in [5.74, 6) is -0.288. The van der Waals surface area contributed by atoms with Crippen molar-refractivity contribution in [2.75, 3.05) is 33.4 Å². The van der Waals surface area contributed by atoms with Crippen LogP contribution in [0, 0.1) is 5.82 Å². The Morgan fingerprint density at radius 1 is 1.26 bits per heavy atom. The van der Waals surface area contributed by atoms with Crippen LogP contribution in [-0.4, -0.2) is 60.1 Å². The number of H-pyrrole nitrogens is 1. The number of carbonyl (C=O) groups is 2. The van der Waals surface area contributed by atoms with E-state index in [4.69, 9.17) is 9.47 Å². The molecule has 1 N–H and O–H groups in total. The molecule has 0 bridgehead atoms. The molecule has 8 heteroatoms. The van der Waals surface area contributed by atoms with E-state index < -0.39 is 18.0 Å². The molecule has 0 spiro atoms. The average Bonchev–Trinajstić information content (AvgIpc) is 3.36. The van der Waals surface area contributed by atoms with Gasteiger partial charge in [0, 0.05) is 34.8 Å². The third kappa shape index (κ3) is 3.28. The van der Waals surface area contributed by atoms with Crippen LogP contribution in [0.4, 0.5) is 9.18 Å². The molecule has 2 aliphatic heterocycles. The van der Waals surface area contributed by atoms with Crippen LogP contribution in [0.2, 0.25) is 0 Å². The number of aromatic amines is 1. The molecular formula is C23H22FN3O4. The van der Waals surface area contributed by atoms with Gasteiger partial charge >= 0.3 is 6.09 Å². The third-order valence-electron chi connectivity index (χ3n) is 6.03. The van der Waals surface area contributed by atoms with E-state index in [0.29, 0.717) is 30.8 Å². The first-order chi connectivity index (χ1) is 15.1. The highest BCUT2D eigenvalue weighted by Gasteiger charge is 2.37. The largest absolute Gasteiger partial charge is 0.497 e. The first-order valence-corrected chi connectivity index (χ1v) is 10.2. The number of ether oxygens (including phenoxy) is 2. The molecule has 1 atom stereocenters. The van der Waals surface area contributed by atoms with Gasteiger partial charge in [-0.3, -0.25) is 9.69 Å². The van der Waals surface area contributed by atoms with Crippen LogP contribution in [0.1, 0.15) is 22.9 Å². The normalized spacial score (nSPS) is 18.3. The number of benzene rings is 2. The number of nitrogens with one attached hydrogen (secondary N) is 1. The Morgan fingerprint density at radius 3 is 2.84 bits per heavy atom. The van der Waals surface area contributed by atoms with Gasteiger partial charge in [0.1, 0.15) is 30.8 Å². The van der Waals surface area contributed by atoms with Gasteiger partial charge < -0.3 is 19.4 Å². The van der Waals surface area contributed by atoms with E-state index in [9.17, 15) is 9.59 Å². The zero-order chi connectivity index (χ0) is 21.5. The summed E-state index contributed by atoms with van der Waals surface area (Å²) < 4.78 is 25.2. The Bertz CT molecular complexity index is 1170. The van der Waals surface area contributed by atoms with Gasteiger partial charge in [0.05, 0.1) is 13.7 Å². The summed E-state index contributed by atoms with van der Waals surface area (Å²) in [5.41, 5.74) is 3.21. The van der Waals surface area contributed by atoms with Gasteiger partial charge in [-0.1, -0.05) is 18.2 Å². The maximum Gasteiger partial charge on any atom is 0.410 e. The summed E-state index contributed by atoms with van der Waals surface area (Å²) in [7, 11) is 1.48. The number of nitrogens with zero attached hydrogens (tertiary/aromatic N) is 2. The lowest BCUT2D eigenvalue weighted by Gasteiger charge is -2.37. The van der Waals surface area contributed by atoms with Crippen LogP contribution in [0.25, 0.3) is 10.9 Å². The lowest BCUT2D eigenvalue weighted by Crippen LogP contribution is -2.46. The number of rotatable bonds is 4. The molecule has 0 saturated carbocycles. The highest BCUT2D eigenvalue weighted by Crippen LogP contribution is 2.40. The minimum Gasteiger partial charge on any atom is -0.497 e. The number of fused-ring (bicyclic) bond motifs is 3. The molecule has 5 rings (SSSR count). The minimum atomic E-state index is -0.631. The molecule has 7 nitrogen and oxygen atoms in total. The second-order valence-corrected chi connectivity index (χ2v) is 7.73. The molecule has 160 valence electrons. The molecule has 3 aromatic rings. The monoisotopic (exact) mass is 423 g/mol. The summed E-state index contributed by atoms with van der Waals surface area (Å²) in [4.78, 5) is 31.5. The molecule has 1 fully saturated rings. The van der Waals surface area contributed by atoms with Crippen molar-refractivity contribution in [3.8, 4) is 5.75 Å². The van der Waals surface area contributed by atoms with Crippen LogP contribution < -0.4 is 4.74 Å². The SMILES string of the molecule is COc1ccc(C2c3[nH]c4ccccc4c3CCN2C(=O)CN2CCOC2=O)c(F)c1. The predicted molar refractivity (Wildman–Crippen MR) is 111 cm³/mol. The lowest BCUT2D eigenvalue weighted by atomic mass is 9.91. The van der Waals surface area contributed by atoms with Crippen molar-refractivity contribution >= 4 is 22.9 Å². The van der Waals surface area contributed by atoms with E-state index in [1.807, 2.05) is 24.3 Å². The lowest BCUT2D eigenvalue weighted by molar-refractivity contribution is -0.133. The number of hydrogen-bond donors (Lipinski definition) is 1. The molecule has 1 saturated heterocycles. The molecule has 2 amide bonds. The fourth-order valence-electron chi connectivity index (χ4n) is 4.51. The first kappa shape index (κ1) is 19.4. The number of cyclic esters (lactones) is 1. The number of carbonyl (C=O) groups excluding carboxylic acids is 2. The van der Waals surface area contributed by atoms with Crippen LogP contribution in [0.15, 0.2) is 42.5 Å². The van der Waals surface area contributed by atoms with Crippen molar-refractivity contribution in [3.05, 3.63) is 65.1 Å². The Hall–Kier alpha value is -3.55. The van der Waals surface area contributed by atoms with E-state index in [1.54, 1.807) is 17.0 Å². The topological polar surface area (TPSA) is 74.9 Å². The van der Waals surface area contributed by atoms with E-state index in [-0.39, 0.29) is 19.1 Å². The Labute approximate surface area is 178 Å². The van der Waals surface area contributed by atoms with Crippen molar-refractivity contribution in [2.45, 2.75) is 12.5 Å². The highest BCUT2D eigenvalue weighted by atomic mass is 19.1. The third-order valence-corrected chi connectivity index (χ3v) is 6.03. The second kappa shape index (κ2) is 7.61. The number of methoxy groups -OCH3 is 1. The predicted octanol–water partition coefficient (Wildman–Crippen LogP) is 3.24. The van der Waals surface area contributed by atoms with Gasteiger partial charge in [0.2, 0.25) is 5.91 Å². The minimum absolute atomic E-state index is 0.0946. The van der Waals surface area contributed by atoms with Crippen molar-refractivity contribution < 1.29 is 23.5 Å².